The highest BCUT2D eigenvalue weighted by molar-refractivity contribution is 5.35. The molecule has 21 heavy (non-hydrogen) atoms. The molecular weight excluding hydrogens is 298 g/mol. The summed E-state index contributed by atoms with van der Waals surface area (Å²) in [5.74, 6) is -3.26. The fraction of sp³-hybridized carbons (Fsp3) is 0.143. The predicted molar refractivity (Wildman–Crippen MR) is 61.8 cm³/mol. The van der Waals surface area contributed by atoms with Crippen molar-refractivity contribution in [2.75, 3.05) is 0 Å². The van der Waals surface area contributed by atoms with Crippen LogP contribution in [0.15, 0.2) is 36.4 Å². The van der Waals surface area contributed by atoms with Crippen LogP contribution in [-0.2, 0) is 6.18 Å². The highest BCUT2D eigenvalue weighted by Gasteiger charge is 2.32. The second kappa shape index (κ2) is 5.40. The van der Waals surface area contributed by atoms with Crippen LogP contribution < -0.4 is 0 Å². The highest BCUT2D eigenvalue weighted by atomic mass is 19.4. The molecule has 0 radical (unpaired) electrons. The zero-order chi connectivity index (χ0) is 15.8. The summed E-state index contributed by atoms with van der Waals surface area (Å²) in [6.07, 6.45) is -6.65. The van der Waals surface area contributed by atoms with Gasteiger partial charge in [-0.3, -0.25) is 0 Å². The molecule has 0 saturated carbocycles. The monoisotopic (exact) mass is 306 g/mol. The van der Waals surface area contributed by atoms with E-state index >= 15 is 0 Å². The molecule has 0 saturated heterocycles. The molecule has 7 heteroatoms. The van der Waals surface area contributed by atoms with Gasteiger partial charge in [-0.25, -0.2) is 13.2 Å². The van der Waals surface area contributed by atoms with Gasteiger partial charge < -0.3 is 5.11 Å². The van der Waals surface area contributed by atoms with Gasteiger partial charge in [-0.05, 0) is 29.8 Å². The van der Waals surface area contributed by atoms with Gasteiger partial charge >= 0.3 is 6.18 Å². The summed E-state index contributed by atoms with van der Waals surface area (Å²) in [7, 11) is 0. The topological polar surface area (TPSA) is 20.2 Å². The van der Waals surface area contributed by atoms with Crippen LogP contribution in [0, 0.1) is 17.5 Å². The van der Waals surface area contributed by atoms with Gasteiger partial charge in [-0.15, -0.1) is 0 Å². The van der Waals surface area contributed by atoms with Gasteiger partial charge in [-0.2, -0.15) is 13.2 Å². The predicted octanol–water partition coefficient (Wildman–Crippen LogP) is 4.20. The zero-order valence-electron chi connectivity index (χ0n) is 10.3. The van der Waals surface area contributed by atoms with E-state index in [0.717, 1.165) is 12.1 Å². The first kappa shape index (κ1) is 15.4. The molecular formula is C14H8F6O. The summed E-state index contributed by atoms with van der Waals surface area (Å²) in [5, 5.41) is 9.88. The number of hydrogen-bond acceptors (Lipinski definition) is 1. The van der Waals surface area contributed by atoms with Gasteiger partial charge in [0.15, 0.2) is 0 Å². The van der Waals surface area contributed by atoms with Gasteiger partial charge in [0.1, 0.15) is 23.6 Å². The van der Waals surface area contributed by atoms with Crippen LogP contribution in [0.1, 0.15) is 22.8 Å². The van der Waals surface area contributed by atoms with Gasteiger partial charge in [0, 0.05) is 11.6 Å². The van der Waals surface area contributed by atoms with E-state index in [2.05, 4.69) is 0 Å². The lowest BCUT2D eigenvalue weighted by Crippen LogP contribution is -2.09. The first-order chi connectivity index (χ1) is 9.68. The van der Waals surface area contributed by atoms with Crippen molar-refractivity contribution in [3.8, 4) is 0 Å². The lowest BCUT2D eigenvalue weighted by atomic mass is 9.99. The van der Waals surface area contributed by atoms with E-state index in [1.54, 1.807) is 0 Å². The Balaban J connectivity index is 2.48. The van der Waals surface area contributed by atoms with Crippen LogP contribution in [0.4, 0.5) is 26.3 Å². The molecule has 1 unspecified atom stereocenters. The molecule has 0 aromatic heterocycles. The van der Waals surface area contributed by atoms with Crippen molar-refractivity contribution in [3.63, 3.8) is 0 Å². The fourth-order valence-electron chi connectivity index (χ4n) is 1.84. The maximum absolute atomic E-state index is 13.5. The van der Waals surface area contributed by atoms with E-state index in [1.165, 1.54) is 0 Å². The van der Waals surface area contributed by atoms with Crippen molar-refractivity contribution in [2.45, 2.75) is 12.3 Å². The molecule has 2 rings (SSSR count). The molecule has 2 aromatic carbocycles. The molecule has 0 heterocycles. The van der Waals surface area contributed by atoms with Crippen molar-refractivity contribution in [2.24, 2.45) is 0 Å². The first-order valence-corrected chi connectivity index (χ1v) is 5.69. The van der Waals surface area contributed by atoms with Crippen LogP contribution in [-0.4, -0.2) is 5.11 Å². The van der Waals surface area contributed by atoms with Crippen molar-refractivity contribution in [1.82, 2.24) is 0 Å². The Labute approximate surface area is 115 Å². The van der Waals surface area contributed by atoms with Gasteiger partial charge in [0.2, 0.25) is 0 Å². The third-order valence-electron chi connectivity index (χ3n) is 2.82. The van der Waals surface area contributed by atoms with Crippen LogP contribution in [0.3, 0.4) is 0 Å². The van der Waals surface area contributed by atoms with E-state index in [0.29, 0.717) is 18.2 Å². The molecule has 0 aliphatic rings. The van der Waals surface area contributed by atoms with E-state index in [9.17, 15) is 31.4 Å². The first-order valence-electron chi connectivity index (χ1n) is 5.69. The Morgan fingerprint density at radius 2 is 1.52 bits per heavy atom. The van der Waals surface area contributed by atoms with Crippen LogP contribution in [0.2, 0.25) is 0 Å². The Kier molecular flexibility index (Phi) is 3.95. The number of rotatable bonds is 2. The molecule has 1 atom stereocenters. The number of aliphatic hydroxyl groups is 1. The molecule has 1 N–H and O–H groups in total. The Bertz CT molecular complexity index is 665. The Hall–Kier alpha value is -2.02. The second-order valence-electron chi connectivity index (χ2n) is 4.34. The Morgan fingerprint density at radius 3 is 2.10 bits per heavy atom. The quantitative estimate of drug-likeness (QED) is 0.824. The van der Waals surface area contributed by atoms with Crippen LogP contribution >= 0.6 is 0 Å². The fourth-order valence-corrected chi connectivity index (χ4v) is 1.84. The molecule has 0 aliphatic heterocycles. The summed E-state index contributed by atoms with van der Waals surface area (Å²) in [5.41, 5.74) is -2.23. The van der Waals surface area contributed by atoms with Crippen LogP contribution in [0.25, 0.3) is 0 Å². The zero-order valence-corrected chi connectivity index (χ0v) is 10.3. The molecule has 2 aromatic rings. The van der Waals surface area contributed by atoms with Crippen molar-refractivity contribution >= 4 is 0 Å². The summed E-state index contributed by atoms with van der Waals surface area (Å²) in [6, 6.07) is 3.62. The molecule has 0 spiro atoms. The number of aliphatic hydroxyl groups excluding tert-OH is 1. The normalized spacial score (nSPS) is 13.3. The molecule has 0 bridgehead atoms. The van der Waals surface area contributed by atoms with E-state index in [1.807, 2.05) is 0 Å². The van der Waals surface area contributed by atoms with E-state index < -0.39 is 46.4 Å². The third-order valence-corrected chi connectivity index (χ3v) is 2.82. The summed E-state index contributed by atoms with van der Waals surface area (Å²) < 4.78 is 77.2. The minimum Gasteiger partial charge on any atom is -0.384 e. The Morgan fingerprint density at radius 1 is 0.857 bits per heavy atom. The number of halogens is 6. The SMILES string of the molecule is OC(c1cc(F)cc(C(F)(F)F)c1)c1ccc(F)cc1F. The molecule has 1 nitrogen and oxygen atoms in total. The standard InChI is InChI=1S/C14H8F6O/c15-9-1-2-11(12(17)6-9)13(21)7-3-8(14(18,19)20)5-10(16)4-7/h1-6,13,21H. The van der Waals surface area contributed by atoms with Crippen molar-refractivity contribution in [3.05, 3.63) is 70.5 Å². The highest BCUT2D eigenvalue weighted by Crippen LogP contribution is 2.33. The maximum Gasteiger partial charge on any atom is 0.416 e. The van der Waals surface area contributed by atoms with Gasteiger partial charge in [-0.1, -0.05) is 6.07 Å². The third kappa shape index (κ3) is 3.36. The lowest BCUT2D eigenvalue weighted by molar-refractivity contribution is -0.137. The number of hydrogen-bond donors (Lipinski definition) is 1. The summed E-state index contributed by atoms with van der Waals surface area (Å²) in [6.45, 7) is 0. The molecule has 0 amide bonds. The summed E-state index contributed by atoms with van der Waals surface area (Å²) in [4.78, 5) is 0. The largest absolute Gasteiger partial charge is 0.416 e. The molecule has 112 valence electrons. The number of benzene rings is 2. The molecule has 0 fully saturated rings. The van der Waals surface area contributed by atoms with Gasteiger partial charge in [0.25, 0.3) is 0 Å². The smallest absolute Gasteiger partial charge is 0.384 e. The minimum atomic E-state index is -4.81. The number of alkyl halides is 3. The average Bonchev–Trinajstić information content (AvgIpc) is 2.36. The summed E-state index contributed by atoms with van der Waals surface area (Å²) >= 11 is 0. The van der Waals surface area contributed by atoms with E-state index in [-0.39, 0.29) is 6.07 Å². The van der Waals surface area contributed by atoms with Crippen molar-refractivity contribution in [1.29, 1.82) is 0 Å². The average molecular weight is 306 g/mol. The van der Waals surface area contributed by atoms with E-state index in [4.69, 9.17) is 0 Å². The lowest BCUT2D eigenvalue weighted by Gasteiger charge is -2.15. The minimum absolute atomic E-state index is 0.261. The van der Waals surface area contributed by atoms with Gasteiger partial charge in [0.05, 0.1) is 5.56 Å². The van der Waals surface area contributed by atoms with Crippen LogP contribution in [0.5, 0.6) is 0 Å². The van der Waals surface area contributed by atoms with Crippen molar-refractivity contribution < 1.29 is 31.4 Å². The second-order valence-corrected chi connectivity index (χ2v) is 4.34. The maximum atomic E-state index is 13.5. The molecule has 0 aliphatic carbocycles.